The van der Waals surface area contributed by atoms with Crippen molar-refractivity contribution in [3.8, 4) is 5.75 Å². The number of nitrogens with one attached hydrogen (secondary N) is 1. The number of fused-ring (bicyclic) bond motifs is 1. The van der Waals surface area contributed by atoms with Gasteiger partial charge in [0.05, 0.1) is 24.4 Å². The number of alkyl halides is 2. The number of ether oxygens (including phenoxy) is 1. The molecule has 35 heavy (non-hydrogen) atoms. The molecule has 1 amide bonds. The first-order chi connectivity index (χ1) is 16.7. The lowest BCUT2D eigenvalue weighted by Gasteiger charge is -2.36. The van der Waals surface area contributed by atoms with E-state index in [4.69, 9.17) is 4.74 Å². The lowest BCUT2D eigenvalue weighted by atomic mass is 10.0. The number of methoxy groups -OCH3 is 1. The third kappa shape index (κ3) is 4.69. The van der Waals surface area contributed by atoms with Crippen molar-refractivity contribution in [3.63, 3.8) is 0 Å². The molecule has 1 fully saturated rings. The number of amides is 1. The average Bonchev–Trinajstić information content (AvgIpc) is 2.84. The van der Waals surface area contributed by atoms with Crippen LogP contribution < -0.4 is 15.0 Å². The fraction of sp³-hybridized carbons (Fsp3) is 0.360. The summed E-state index contributed by atoms with van der Waals surface area (Å²) in [5, 5.41) is 3.56. The van der Waals surface area contributed by atoms with Crippen LogP contribution in [0.2, 0.25) is 0 Å². The molecule has 0 saturated carbocycles. The number of benzene rings is 2. The fourth-order valence-electron chi connectivity index (χ4n) is 4.42. The van der Waals surface area contributed by atoms with E-state index >= 15 is 4.39 Å². The Morgan fingerprint density at radius 2 is 1.77 bits per heavy atom. The molecule has 3 aromatic rings. The molecule has 0 spiro atoms. The summed E-state index contributed by atoms with van der Waals surface area (Å²) in [4.78, 5) is 19.5. The van der Waals surface area contributed by atoms with E-state index < -0.39 is 29.7 Å². The topological polar surface area (TPSA) is 57.7 Å². The van der Waals surface area contributed by atoms with Crippen LogP contribution >= 0.6 is 0 Å². The first-order valence-electron chi connectivity index (χ1n) is 11.2. The molecule has 1 saturated heterocycles. The number of nitrogens with zero attached hydrogens (tertiary/aromatic N) is 3. The first kappa shape index (κ1) is 24.6. The zero-order valence-electron chi connectivity index (χ0n) is 19.6. The molecule has 1 atom stereocenters. The minimum atomic E-state index is -2.93. The molecule has 0 bridgehead atoms. The van der Waals surface area contributed by atoms with Crippen LogP contribution in [0.1, 0.15) is 37.4 Å². The number of pyridine rings is 1. The van der Waals surface area contributed by atoms with Gasteiger partial charge in [0, 0.05) is 55.9 Å². The normalized spacial score (nSPS) is 15.0. The maximum Gasteiger partial charge on any atom is 0.266 e. The molecule has 0 radical (unpaired) electrons. The smallest absolute Gasteiger partial charge is 0.266 e. The van der Waals surface area contributed by atoms with Gasteiger partial charge in [-0.15, -0.1) is 0 Å². The van der Waals surface area contributed by atoms with Gasteiger partial charge in [-0.25, -0.2) is 17.6 Å². The van der Waals surface area contributed by atoms with Gasteiger partial charge in [0.1, 0.15) is 11.3 Å². The lowest BCUT2D eigenvalue weighted by molar-refractivity contribution is -0.129. The number of halogens is 4. The molecule has 2 aromatic carbocycles. The highest BCUT2D eigenvalue weighted by molar-refractivity contribution is 5.96. The second kappa shape index (κ2) is 9.97. The van der Waals surface area contributed by atoms with Gasteiger partial charge in [-0.1, -0.05) is 18.2 Å². The SMILES string of the molecule is COc1c(N2CCN(C(C)=O)CC2)cc2c(N[C@H](C)c3cccc(C(F)F)c3F)ccnc2c1F. The number of hydrogen-bond donors (Lipinski definition) is 1. The van der Waals surface area contributed by atoms with Crippen LogP contribution in [-0.4, -0.2) is 49.1 Å². The molecule has 1 aliphatic rings. The summed E-state index contributed by atoms with van der Waals surface area (Å²) < 4.78 is 61.9. The average molecular weight is 491 g/mol. The third-order valence-electron chi connectivity index (χ3n) is 6.31. The molecule has 0 aliphatic carbocycles. The molecule has 1 N–H and O–H groups in total. The largest absolute Gasteiger partial charge is 0.492 e. The van der Waals surface area contributed by atoms with Crippen LogP contribution in [0, 0.1) is 11.6 Å². The minimum Gasteiger partial charge on any atom is -0.492 e. The van der Waals surface area contributed by atoms with Crippen molar-refractivity contribution in [2.75, 3.05) is 43.5 Å². The Morgan fingerprint density at radius 3 is 2.40 bits per heavy atom. The van der Waals surface area contributed by atoms with Crippen molar-refractivity contribution in [2.24, 2.45) is 0 Å². The summed E-state index contributed by atoms with van der Waals surface area (Å²) >= 11 is 0. The number of carbonyl (C=O) groups excluding carboxylic acids is 1. The number of piperazine rings is 1. The summed E-state index contributed by atoms with van der Waals surface area (Å²) in [6.07, 6.45) is -1.52. The van der Waals surface area contributed by atoms with Crippen LogP contribution in [0.5, 0.6) is 5.75 Å². The van der Waals surface area contributed by atoms with Crippen LogP contribution in [0.3, 0.4) is 0 Å². The van der Waals surface area contributed by atoms with E-state index in [1.54, 1.807) is 24.0 Å². The Morgan fingerprint density at radius 1 is 1.09 bits per heavy atom. The van der Waals surface area contributed by atoms with E-state index in [1.165, 1.54) is 32.4 Å². The number of hydrogen-bond acceptors (Lipinski definition) is 5. The van der Waals surface area contributed by atoms with Crippen molar-refractivity contribution in [2.45, 2.75) is 26.3 Å². The van der Waals surface area contributed by atoms with Gasteiger partial charge in [0.25, 0.3) is 6.43 Å². The van der Waals surface area contributed by atoms with Gasteiger partial charge < -0.3 is 19.9 Å². The Kier molecular flexibility index (Phi) is 7.00. The molecule has 2 heterocycles. The van der Waals surface area contributed by atoms with Gasteiger partial charge in [0.2, 0.25) is 5.91 Å². The van der Waals surface area contributed by atoms with E-state index in [0.717, 1.165) is 6.07 Å². The first-order valence-corrected chi connectivity index (χ1v) is 11.2. The maximum atomic E-state index is 15.5. The molecule has 186 valence electrons. The Hall–Kier alpha value is -3.56. The number of carbonyl (C=O) groups is 1. The highest BCUT2D eigenvalue weighted by Crippen LogP contribution is 2.40. The highest BCUT2D eigenvalue weighted by atomic mass is 19.3. The van der Waals surface area contributed by atoms with Crippen molar-refractivity contribution in [1.29, 1.82) is 0 Å². The Balaban J connectivity index is 1.72. The molecule has 6 nitrogen and oxygen atoms in total. The predicted molar refractivity (Wildman–Crippen MR) is 126 cm³/mol. The van der Waals surface area contributed by atoms with Gasteiger partial charge >= 0.3 is 0 Å². The summed E-state index contributed by atoms with van der Waals surface area (Å²) in [7, 11) is 1.38. The van der Waals surface area contributed by atoms with Crippen LogP contribution in [0.25, 0.3) is 10.9 Å². The summed E-state index contributed by atoms with van der Waals surface area (Å²) in [6.45, 7) is 5.12. The quantitative estimate of drug-likeness (QED) is 0.475. The van der Waals surface area contributed by atoms with E-state index in [9.17, 15) is 18.0 Å². The zero-order valence-corrected chi connectivity index (χ0v) is 19.6. The molecular weight excluding hydrogens is 464 g/mol. The number of aromatic nitrogens is 1. The van der Waals surface area contributed by atoms with Crippen molar-refractivity contribution in [1.82, 2.24) is 9.88 Å². The Labute approximate surface area is 200 Å². The van der Waals surface area contributed by atoms with E-state index in [1.807, 2.05) is 4.90 Å². The van der Waals surface area contributed by atoms with Crippen molar-refractivity contribution in [3.05, 3.63) is 59.3 Å². The van der Waals surface area contributed by atoms with Gasteiger partial charge in [-0.2, -0.15) is 0 Å². The predicted octanol–water partition coefficient (Wildman–Crippen LogP) is 5.30. The standard InChI is InChI=1S/C25H26F4N4O2/c1-14(16-5-4-6-17(21(16)26)25(28)29)31-19-7-8-30-23-18(19)13-20(24(35-3)22(23)27)33-11-9-32(10-12-33)15(2)34/h4-8,13-14,25H,9-12H2,1-3H3,(H,30,31)/t14-/m1/s1. The monoisotopic (exact) mass is 490 g/mol. The molecule has 10 heteroatoms. The van der Waals surface area contributed by atoms with Crippen LogP contribution in [-0.2, 0) is 4.79 Å². The second-order valence-corrected chi connectivity index (χ2v) is 8.41. The molecule has 0 unspecified atom stereocenters. The van der Waals surface area contributed by atoms with Gasteiger partial charge in [0.15, 0.2) is 11.6 Å². The maximum absolute atomic E-state index is 15.5. The Bertz CT molecular complexity index is 1250. The van der Waals surface area contributed by atoms with E-state index in [-0.39, 0.29) is 22.7 Å². The molecule has 1 aromatic heterocycles. The molecular formula is C25H26F4N4O2. The number of anilines is 2. The van der Waals surface area contributed by atoms with Crippen molar-refractivity contribution < 1.29 is 27.1 Å². The zero-order chi connectivity index (χ0) is 25.3. The molecule has 4 rings (SSSR count). The fourth-order valence-corrected chi connectivity index (χ4v) is 4.42. The second-order valence-electron chi connectivity index (χ2n) is 8.41. The van der Waals surface area contributed by atoms with E-state index in [2.05, 4.69) is 10.3 Å². The van der Waals surface area contributed by atoms with Crippen LogP contribution in [0.4, 0.5) is 28.9 Å². The highest BCUT2D eigenvalue weighted by Gasteiger charge is 2.26. The third-order valence-corrected chi connectivity index (χ3v) is 6.31. The summed E-state index contributed by atoms with van der Waals surface area (Å²) in [5.74, 6) is -1.59. The van der Waals surface area contributed by atoms with Crippen LogP contribution in [0.15, 0.2) is 36.5 Å². The lowest BCUT2D eigenvalue weighted by Crippen LogP contribution is -2.48. The summed E-state index contributed by atoms with van der Waals surface area (Å²) in [5.41, 5.74) is 0.442. The van der Waals surface area contributed by atoms with Gasteiger partial charge in [-0.3, -0.25) is 9.78 Å². The van der Waals surface area contributed by atoms with Crippen molar-refractivity contribution >= 4 is 28.2 Å². The summed E-state index contributed by atoms with van der Waals surface area (Å²) in [6, 6.07) is 6.55. The number of rotatable bonds is 6. The van der Waals surface area contributed by atoms with E-state index in [0.29, 0.717) is 42.9 Å². The minimum absolute atomic E-state index is 0.0193. The molecule has 1 aliphatic heterocycles. The van der Waals surface area contributed by atoms with Gasteiger partial charge in [-0.05, 0) is 19.1 Å².